The van der Waals surface area contributed by atoms with E-state index in [1.807, 2.05) is 36.4 Å². The van der Waals surface area contributed by atoms with Crippen LogP contribution in [0, 0.1) is 9.49 Å². The fraction of sp³-hybridized carbons (Fsp3) is 0.500. The van der Waals surface area contributed by atoms with E-state index in [0.717, 1.165) is 8.25 Å². The van der Waals surface area contributed by atoms with Crippen LogP contribution in [0.3, 0.4) is 0 Å². The topological polar surface area (TPSA) is 64.0 Å². The third kappa shape index (κ3) is 4.30. The Labute approximate surface area is 107 Å². The zero-order chi connectivity index (χ0) is 12.1. The van der Waals surface area contributed by atoms with Crippen LogP contribution in [-0.2, 0) is 11.3 Å². The molecule has 0 aromatic carbocycles. The molecular formula is C10H14IN3O2. The number of rotatable bonds is 4. The molecule has 1 rings (SSSR count). The maximum absolute atomic E-state index is 11.4. The van der Waals surface area contributed by atoms with E-state index in [1.165, 1.54) is 6.07 Å². The predicted molar refractivity (Wildman–Crippen MR) is 69.1 cm³/mol. The summed E-state index contributed by atoms with van der Waals surface area (Å²) in [7, 11) is 0. The van der Waals surface area contributed by atoms with Crippen molar-refractivity contribution in [1.29, 1.82) is 0 Å². The summed E-state index contributed by atoms with van der Waals surface area (Å²) < 4.78 is 1.92. The van der Waals surface area contributed by atoms with Crippen molar-refractivity contribution in [2.45, 2.75) is 20.4 Å². The molecule has 0 aliphatic heterocycles. The molecule has 1 aromatic rings. The minimum absolute atomic E-state index is 0.0253. The number of halogens is 1. The lowest BCUT2D eigenvalue weighted by molar-refractivity contribution is -0.122. The molecule has 1 heterocycles. The van der Waals surface area contributed by atoms with Crippen LogP contribution in [-0.4, -0.2) is 22.2 Å². The molecule has 88 valence electrons. The highest BCUT2D eigenvalue weighted by molar-refractivity contribution is 14.1. The van der Waals surface area contributed by atoms with Crippen LogP contribution >= 0.6 is 22.6 Å². The highest BCUT2D eigenvalue weighted by atomic mass is 127. The summed E-state index contributed by atoms with van der Waals surface area (Å²) in [6, 6.07) is 1.45. The molecule has 6 heteroatoms. The fourth-order valence-corrected chi connectivity index (χ4v) is 1.43. The molecule has 0 saturated carbocycles. The molecular weight excluding hydrogens is 321 g/mol. The van der Waals surface area contributed by atoms with E-state index in [-0.39, 0.29) is 18.0 Å². The fourth-order valence-electron chi connectivity index (χ4n) is 1.04. The number of nitrogens with zero attached hydrogens (tertiary/aromatic N) is 2. The second-order valence-corrected chi connectivity index (χ2v) is 5.11. The van der Waals surface area contributed by atoms with E-state index in [1.54, 1.807) is 6.20 Å². The maximum atomic E-state index is 11.4. The van der Waals surface area contributed by atoms with Gasteiger partial charge in [0.2, 0.25) is 5.91 Å². The second-order valence-electron chi connectivity index (χ2n) is 3.87. The van der Waals surface area contributed by atoms with E-state index in [0.29, 0.717) is 12.5 Å². The second kappa shape index (κ2) is 5.97. The van der Waals surface area contributed by atoms with Gasteiger partial charge in [-0.1, -0.05) is 13.8 Å². The average Bonchev–Trinajstić information content (AvgIpc) is 2.19. The zero-order valence-corrected chi connectivity index (χ0v) is 11.4. The Kier molecular flexibility index (Phi) is 4.91. The zero-order valence-electron chi connectivity index (χ0n) is 9.24. The van der Waals surface area contributed by atoms with E-state index in [9.17, 15) is 9.59 Å². The van der Waals surface area contributed by atoms with Gasteiger partial charge in [-0.05, 0) is 28.5 Å². The lowest BCUT2D eigenvalue weighted by atomic mass is 10.2. The standard InChI is InChI=1S/C10H14IN3O2/c1-7(2)4-12-9(15)6-14-10(16)3-8(11)5-13-14/h3,5,7H,4,6H2,1-2H3,(H,12,15). The molecule has 1 N–H and O–H groups in total. The van der Waals surface area contributed by atoms with Gasteiger partial charge in [-0.3, -0.25) is 9.59 Å². The minimum Gasteiger partial charge on any atom is -0.354 e. The van der Waals surface area contributed by atoms with Gasteiger partial charge in [0.05, 0.1) is 6.20 Å². The van der Waals surface area contributed by atoms with Crippen molar-refractivity contribution >= 4 is 28.5 Å². The highest BCUT2D eigenvalue weighted by Crippen LogP contribution is 1.95. The largest absolute Gasteiger partial charge is 0.354 e. The Morgan fingerprint density at radius 2 is 2.31 bits per heavy atom. The number of hydrogen-bond acceptors (Lipinski definition) is 3. The van der Waals surface area contributed by atoms with Crippen molar-refractivity contribution in [3.05, 3.63) is 26.2 Å². The molecule has 0 saturated heterocycles. The van der Waals surface area contributed by atoms with Crippen LogP contribution in [0.2, 0.25) is 0 Å². The first-order chi connectivity index (χ1) is 7.49. The number of nitrogens with one attached hydrogen (secondary N) is 1. The van der Waals surface area contributed by atoms with Crippen molar-refractivity contribution in [1.82, 2.24) is 15.1 Å². The quantitative estimate of drug-likeness (QED) is 0.821. The summed E-state index contributed by atoms with van der Waals surface area (Å²) in [5.41, 5.74) is -0.258. The molecule has 5 nitrogen and oxygen atoms in total. The average molecular weight is 335 g/mol. The third-order valence-electron chi connectivity index (χ3n) is 1.84. The molecule has 1 aromatic heterocycles. The molecule has 0 bridgehead atoms. The molecule has 0 radical (unpaired) electrons. The number of aromatic nitrogens is 2. The first-order valence-electron chi connectivity index (χ1n) is 4.98. The Bertz CT molecular complexity index is 428. The van der Waals surface area contributed by atoms with Crippen LogP contribution in [0.4, 0.5) is 0 Å². The van der Waals surface area contributed by atoms with Crippen LogP contribution < -0.4 is 10.9 Å². The van der Waals surface area contributed by atoms with Crippen LogP contribution in [0.15, 0.2) is 17.1 Å². The van der Waals surface area contributed by atoms with Crippen molar-refractivity contribution in [3.8, 4) is 0 Å². The van der Waals surface area contributed by atoms with Gasteiger partial charge in [0.1, 0.15) is 6.54 Å². The number of carbonyl (C=O) groups excluding carboxylic acids is 1. The van der Waals surface area contributed by atoms with Gasteiger partial charge in [-0.25, -0.2) is 4.68 Å². The first kappa shape index (κ1) is 13.1. The number of amides is 1. The van der Waals surface area contributed by atoms with Gasteiger partial charge in [0.25, 0.3) is 5.56 Å². The monoisotopic (exact) mass is 335 g/mol. The third-order valence-corrected chi connectivity index (χ3v) is 2.43. The van der Waals surface area contributed by atoms with Crippen LogP contribution in [0.1, 0.15) is 13.8 Å². The van der Waals surface area contributed by atoms with Gasteiger partial charge in [-0.15, -0.1) is 0 Å². The van der Waals surface area contributed by atoms with Gasteiger partial charge in [0.15, 0.2) is 0 Å². The molecule has 1 amide bonds. The first-order valence-corrected chi connectivity index (χ1v) is 6.06. The predicted octanol–water partition coefficient (Wildman–Crippen LogP) is 0.620. The van der Waals surface area contributed by atoms with Gasteiger partial charge >= 0.3 is 0 Å². The summed E-state index contributed by atoms with van der Waals surface area (Å²) in [5.74, 6) is 0.204. The minimum atomic E-state index is -0.258. The van der Waals surface area contributed by atoms with Crippen LogP contribution in [0.5, 0.6) is 0 Å². The lowest BCUT2D eigenvalue weighted by Crippen LogP contribution is -2.35. The van der Waals surface area contributed by atoms with E-state index < -0.39 is 0 Å². The summed E-state index contributed by atoms with van der Waals surface area (Å²) >= 11 is 2.00. The Morgan fingerprint density at radius 3 is 2.88 bits per heavy atom. The van der Waals surface area contributed by atoms with Gasteiger partial charge in [-0.2, -0.15) is 5.10 Å². The summed E-state index contributed by atoms with van der Waals surface area (Å²) in [5, 5.41) is 6.61. The number of carbonyl (C=O) groups is 1. The molecule has 0 aliphatic rings. The van der Waals surface area contributed by atoms with Gasteiger partial charge in [0, 0.05) is 16.2 Å². The van der Waals surface area contributed by atoms with E-state index in [4.69, 9.17) is 0 Å². The van der Waals surface area contributed by atoms with Crippen molar-refractivity contribution in [2.24, 2.45) is 5.92 Å². The normalized spacial score (nSPS) is 10.5. The molecule has 0 aliphatic carbocycles. The summed E-state index contributed by atoms with van der Waals surface area (Å²) in [4.78, 5) is 22.9. The molecule has 0 spiro atoms. The van der Waals surface area contributed by atoms with E-state index >= 15 is 0 Å². The van der Waals surface area contributed by atoms with Gasteiger partial charge < -0.3 is 5.32 Å². The molecule has 16 heavy (non-hydrogen) atoms. The van der Waals surface area contributed by atoms with Crippen molar-refractivity contribution in [2.75, 3.05) is 6.54 Å². The van der Waals surface area contributed by atoms with Crippen LogP contribution in [0.25, 0.3) is 0 Å². The molecule has 0 fully saturated rings. The smallest absolute Gasteiger partial charge is 0.268 e. The molecule has 0 atom stereocenters. The lowest BCUT2D eigenvalue weighted by Gasteiger charge is -2.08. The summed E-state index contributed by atoms with van der Waals surface area (Å²) in [6.07, 6.45) is 1.55. The maximum Gasteiger partial charge on any atom is 0.268 e. The van der Waals surface area contributed by atoms with Crippen molar-refractivity contribution < 1.29 is 4.79 Å². The molecule has 0 unspecified atom stereocenters. The Hall–Kier alpha value is -0.920. The Morgan fingerprint density at radius 1 is 1.62 bits per heavy atom. The van der Waals surface area contributed by atoms with E-state index in [2.05, 4.69) is 10.4 Å². The Balaban J connectivity index is 2.60. The van der Waals surface area contributed by atoms with Crippen molar-refractivity contribution in [3.63, 3.8) is 0 Å². The highest BCUT2D eigenvalue weighted by Gasteiger charge is 2.05. The number of hydrogen-bond donors (Lipinski definition) is 1. The SMILES string of the molecule is CC(C)CNC(=O)Cn1ncc(I)cc1=O. The summed E-state index contributed by atoms with van der Waals surface area (Å²) in [6.45, 7) is 4.60.